The van der Waals surface area contributed by atoms with Crippen molar-refractivity contribution in [3.63, 3.8) is 0 Å². The average Bonchev–Trinajstić information content (AvgIpc) is 2.16. The molecule has 0 aromatic rings. The highest BCUT2D eigenvalue weighted by Crippen LogP contribution is 2.00. The number of hydrogen-bond acceptors (Lipinski definition) is 4. The van der Waals surface area contributed by atoms with Gasteiger partial charge in [-0.25, -0.2) is 4.79 Å². The molecule has 6 heteroatoms. The molecule has 0 aliphatic carbocycles. The first-order valence-corrected chi connectivity index (χ1v) is 6.37. The number of rotatable bonds is 8. The van der Waals surface area contributed by atoms with E-state index in [1.165, 1.54) is 18.7 Å². The Morgan fingerprint density at radius 3 is 2.38 bits per heavy atom. The number of ketones is 1. The van der Waals surface area contributed by atoms with Crippen molar-refractivity contribution in [1.82, 2.24) is 5.32 Å². The molecular weight excluding hydrogens is 230 g/mol. The summed E-state index contributed by atoms with van der Waals surface area (Å²) in [6, 6.07) is -0.847. The maximum Gasteiger partial charge on any atom is 0.327 e. The molecule has 0 saturated carbocycles. The van der Waals surface area contributed by atoms with Gasteiger partial charge in [0, 0.05) is 18.6 Å². The minimum absolute atomic E-state index is 0.0340. The number of hydrogen-bond donors (Lipinski definition) is 2. The number of carbonyl (C=O) groups excluding carboxylic acids is 2. The summed E-state index contributed by atoms with van der Waals surface area (Å²) < 4.78 is 0. The van der Waals surface area contributed by atoms with Crippen LogP contribution in [0.3, 0.4) is 0 Å². The first-order valence-electron chi connectivity index (χ1n) is 4.98. The van der Waals surface area contributed by atoms with Gasteiger partial charge in [-0.2, -0.15) is 11.8 Å². The van der Waals surface area contributed by atoms with Gasteiger partial charge in [0.15, 0.2) is 0 Å². The van der Waals surface area contributed by atoms with E-state index >= 15 is 0 Å². The van der Waals surface area contributed by atoms with E-state index in [4.69, 9.17) is 5.11 Å². The zero-order valence-corrected chi connectivity index (χ0v) is 10.3. The number of nitrogens with one attached hydrogen (secondary N) is 1. The van der Waals surface area contributed by atoms with Crippen molar-refractivity contribution in [2.75, 3.05) is 12.0 Å². The van der Waals surface area contributed by atoms with Gasteiger partial charge in [-0.05, 0) is 19.6 Å². The molecule has 5 nitrogen and oxygen atoms in total. The number of thioether (sulfide) groups is 1. The first kappa shape index (κ1) is 15.0. The van der Waals surface area contributed by atoms with Crippen molar-refractivity contribution in [2.45, 2.75) is 32.2 Å². The second kappa shape index (κ2) is 8.15. The molecule has 1 unspecified atom stereocenters. The van der Waals surface area contributed by atoms with E-state index in [0.29, 0.717) is 18.6 Å². The van der Waals surface area contributed by atoms with E-state index in [-0.39, 0.29) is 18.1 Å². The largest absolute Gasteiger partial charge is 0.480 e. The van der Waals surface area contributed by atoms with E-state index in [2.05, 4.69) is 5.32 Å². The van der Waals surface area contributed by atoms with Crippen LogP contribution in [0.15, 0.2) is 0 Å². The molecule has 0 fully saturated rings. The highest BCUT2D eigenvalue weighted by Gasteiger charge is 2.18. The Morgan fingerprint density at radius 2 is 1.94 bits per heavy atom. The van der Waals surface area contributed by atoms with Crippen molar-refractivity contribution >= 4 is 29.4 Å². The Bertz CT molecular complexity index is 268. The van der Waals surface area contributed by atoms with Gasteiger partial charge in [0.2, 0.25) is 5.91 Å². The zero-order valence-electron chi connectivity index (χ0n) is 9.49. The van der Waals surface area contributed by atoms with E-state index in [1.807, 2.05) is 0 Å². The van der Waals surface area contributed by atoms with Gasteiger partial charge in [0.1, 0.15) is 11.8 Å². The molecule has 0 aliphatic heterocycles. The van der Waals surface area contributed by atoms with Crippen molar-refractivity contribution in [1.29, 1.82) is 0 Å². The third-order valence-corrected chi connectivity index (χ3v) is 2.57. The van der Waals surface area contributed by atoms with E-state index in [9.17, 15) is 14.4 Å². The van der Waals surface area contributed by atoms with Gasteiger partial charge in [-0.3, -0.25) is 4.79 Å². The quantitative estimate of drug-likeness (QED) is 0.659. The van der Waals surface area contributed by atoms with Crippen LogP contribution in [-0.4, -0.2) is 40.8 Å². The van der Waals surface area contributed by atoms with Gasteiger partial charge in [-0.15, -0.1) is 0 Å². The smallest absolute Gasteiger partial charge is 0.327 e. The van der Waals surface area contributed by atoms with Crippen LogP contribution < -0.4 is 5.32 Å². The number of carbonyl (C=O) groups is 3. The number of carboxylic acids is 1. The van der Waals surface area contributed by atoms with E-state index in [0.717, 1.165) is 0 Å². The van der Waals surface area contributed by atoms with Crippen LogP contribution in [0.25, 0.3) is 0 Å². The van der Waals surface area contributed by atoms with Crippen LogP contribution >= 0.6 is 11.8 Å². The lowest BCUT2D eigenvalue weighted by atomic mass is 10.2. The second-order valence-corrected chi connectivity index (χ2v) is 4.38. The average molecular weight is 247 g/mol. The van der Waals surface area contributed by atoms with Crippen LogP contribution in [0, 0.1) is 0 Å². The molecule has 2 N–H and O–H groups in total. The Morgan fingerprint density at radius 1 is 1.31 bits per heavy atom. The zero-order chi connectivity index (χ0) is 12.6. The van der Waals surface area contributed by atoms with Crippen LogP contribution in [0.2, 0.25) is 0 Å². The maximum absolute atomic E-state index is 11.3. The molecule has 0 spiro atoms. The van der Waals surface area contributed by atoms with Gasteiger partial charge in [0.05, 0.1) is 0 Å². The summed E-state index contributed by atoms with van der Waals surface area (Å²) in [7, 11) is 0. The molecule has 16 heavy (non-hydrogen) atoms. The maximum atomic E-state index is 11.3. The van der Waals surface area contributed by atoms with Gasteiger partial charge in [0.25, 0.3) is 0 Å². The van der Waals surface area contributed by atoms with Gasteiger partial charge >= 0.3 is 5.97 Å². The molecule has 0 radical (unpaired) electrons. The lowest BCUT2D eigenvalue weighted by Gasteiger charge is -2.12. The summed E-state index contributed by atoms with van der Waals surface area (Å²) >= 11 is 1.36. The number of Topliss-reactive ketones (excluding diaryl/α,β-unsaturated/α-hetero) is 1. The van der Waals surface area contributed by atoms with Gasteiger partial charge in [-0.1, -0.05) is 0 Å². The second-order valence-electron chi connectivity index (χ2n) is 3.47. The highest BCUT2D eigenvalue weighted by atomic mass is 32.2. The molecule has 0 rings (SSSR count). The fraction of sp³-hybridized carbons (Fsp3) is 0.700. The summed E-state index contributed by atoms with van der Waals surface area (Å²) in [5.74, 6) is -0.975. The topological polar surface area (TPSA) is 83.5 Å². The lowest BCUT2D eigenvalue weighted by Crippen LogP contribution is -2.42. The minimum atomic E-state index is -1.03. The number of amides is 1. The SMILES string of the molecule is CSCC(NC(=O)CCCC(C)=O)C(=O)O. The fourth-order valence-electron chi connectivity index (χ4n) is 1.11. The predicted octanol–water partition coefficient (Wildman–Crippen LogP) is 0.678. The molecule has 92 valence electrons. The summed E-state index contributed by atoms with van der Waals surface area (Å²) in [5, 5.41) is 11.2. The molecule has 1 atom stereocenters. The molecule has 0 bridgehead atoms. The molecule has 1 amide bonds. The summed E-state index contributed by atoms with van der Waals surface area (Å²) in [5.41, 5.74) is 0. The van der Waals surface area contributed by atoms with Gasteiger partial charge < -0.3 is 15.2 Å². The number of carboxylic acid groups (broad SMARTS) is 1. The van der Waals surface area contributed by atoms with Crippen molar-refractivity contribution in [3.05, 3.63) is 0 Å². The standard InChI is InChI=1S/C10H17NO4S/c1-7(12)4-3-5-9(13)11-8(6-16-2)10(14)15/h8H,3-6H2,1-2H3,(H,11,13)(H,14,15). The molecule has 0 aliphatic rings. The van der Waals surface area contributed by atoms with Crippen LogP contribution in [0.4, 0.5) is 0 Å². The van der Waals surface area contributed by atoms with Crippen LogP contribution in [-0.2, 0) is 14.4 Å². The Balaban J connectivity index is 3.90. The molecule has 0 aromatic heterocycles. The molecule has 0 aromatic carbocycles. The number of aliphatic carboxylic acids is 1. The van der Waals surface area contributed by atoms with E-state index < -0.39 is 12.0 Å². The molecule has 0 saturated heterocycles. The first-order chi connectivity index (χ1) is 7.47. The van der Waals surface area contributed by atoms with Crippen LogP contribution in [0.1, 0.15) is 26.2 Å². The normalized spacial score (nSPS) is 11.9. The molecular formula is C10H17NO4S. The van der Waals surface area contributed by atoms with Crippen molar-refractivity contribution < 1.29 is 19.5 Å². The Hall–Kier alpha value is -1.04. The van der Waals surface area contributed by atoms with E-state index in [1.54, 1.807) is 6.26 Å². The van der Waals surface area contributed by atoms with Crippen molar-refractivity contribution in [2.24, 2.45) is 0 Å². The highest BCUT2D eigenvalue weighted by molar-refractivity contribution is 7.98. The third-order valence-electron chi connectivity index (χ3n) is 1.90. The monoisotopic (exact) mass is 247 g/mol. The third kappa shape index (κ3) is 7.28. The predicted molar refractivity (Wildman–Crippen MR) is 62.5 cm³/mol. The summed E-state index contributed by atoms with van der Waals surface area (Å²) in [6.07, 6.45) is 2.79. The lowest BCUT2D eigenvalue weighted by molar-refractivity contribution is -0.141. The van der Waals surface area contributed by atoms with Crippen LogP contribution in [0.5, 0.6) is 0 Å². The Labute approximate surface area is 99.0 Å². The van der Waals surface area contributed by atoms with Crippen molar-refractivity contribution in [3.8, 4) is 0 Å². The summed E-state index contributed by atoms with van der Waals surface area (Å²) in [6.45, 7) is 1.46. The minimum Gasteiger partial charge on any atom is -0.480 e. The molecule has 0 heterocycles. The fourth-order valence-corrected chi connectivity index (χ4v) is 1.66. The summed E-state index contributed by atoms with van der Waals surface area (Å²) in [4.78, 5) is 32.7. The Kier molecular flexibility index (Phi) is 7.62.